The molecule has 19 heavy (non-hydrogen) atoms. The smallest absolute Gasteiger partial charge is 0.0947 e. The lowest BCUT2D eigenvalue weighted by atomic mass is 9.86. The summed E-state index contributed by atoms with van der Waals surface area (Å²) >= 11 is 0. The van der Waals surface area contributed by atoms with Crippen molar-refractivity contribution in [1.29, 1.82) is 0 Å². The first-order valence-corrected chi connectivity index (χ1v) is 6.46. The number of benzene rings is 1. The van der Waals surface area contributed by atoms with Gasteiger partial charge >= 0.3 is 0 Å². The maximum absolute atomic E-state index is 5.67. The van der Waals surface area contributed by atoms with E-state index >= 15 is 0 Å². The summed E-state index contributed by atoms with van der Waals surface area (Å²) in [7, 11) is 1.95. The van der Waals surface area contributed by atoms with Crippen LogP contribution in [0.1, 0.15) is 43.6 Å². The van der Waals surface area contributed by atoms with E-state index in [1.807, 2.05) is 17.8 Å². The van der Waals surface area contributed by atoms with E-state index in [-0.39, 0.29) is 11.5 Å². The molecule has 1 aromatic carbocycles. The number of imidazole rings is 1. The predicted molar refractivity (Wildman–Crippen MR) is 77.5 cm³/mol. The summed E-state index contributed by atoms with van der Waals surface area (Å²) in [6, 6.07) is 8.46. The van der Waals surface area contributed by atoms with Crippen molar-refractivity contribution in [2.24, 2.45) is 12.9 Å². The number of hydrazine groups is 1. The van der Waals surface area contributed by atoms with Crippen molar-refractivity contribution >= 4 is 0 Å². The van der Waals surface area contributed by atoms with Crippen molar-refractivity contribution < 1.29 is 0 Å². The van der Waals surface area contributed by atoms with Crippen LogP contribution in [-0.2, 0) is 12.5 Å². The standard InChI is InChI=1S/C15H22N4/c1-15(2,3)12-7-5-11(6-8-12)14(18-16)13-9-19(4)10-17-13/h5-10,14,18H,16H2,1-4H3. The Hall–Kier alpha value is -1.65. The highest BCUT2D eigenvalue weighted by molar-refractivity contribution is 5.32. The zero-order valence-electron chi connectivity index (χ0n) is 12.0. The van der Waals surface area contributed by atoms with E-state index in [1.165, 1.54) is 5.56 Å². The van der Waals surface area contributed by atoms with Crippen molar-refractivity contribution in [3.05, 3.63) is 53.6 Å². The number of nitrogens with one attached hydrogen (secondary N) is 1. The highest BCUT2D eigenvalue weighted by Gasteiger charge is 2.17. The van der Waals surface area contributed by atoms with E-state index < -0.39 is 0 Å². The summed E-state index contributed by atoms with van der Waals surface area (Å²) in [6.07, 6.45) is 3.76. The molecule has 0 bridgehead atoms. The van der Waals surface area contributed by atoms with Crippen LogP contribution in [-0.4, -0.2) is 9.55 Å². The van der Waals surface area contributed by atoms with Crippen molar-refractivity contribution in [3.63, 3.8) is 0 Å². The van der Waals surface area contributed by atoms with Crippen molar-refractivity contribution in [2.45, 2.75) is 32.2 Å². The molecule has 0 aliphatic heterocycles. The van der Waals surface area contributed by atoms with Crippen LogP contribution in [0.5, 0.6) is 0 Å². The van der Waals surface area contributed by atoms with Crippen LogP contribution in [0.15, 0.2) is 36.8 Å². The Bertz CT molecular complexity index is 534. The molecule has 2 rings (SSSR count). The summed E-state index contributed by atoms with van der Waals surface area (Å²) in [6.45, 7) is 6.62. The summed E-state index contributed by atoms with van der Waals surface area (Å²) < 4.78 is 1.92. The number of aryl methyl sites for hydroxylation is 1. The number of nitrogens with two attached hydrogens (primary N) is 1. The van der Waals surface area contributed by atoms with Gasteiger partial charge in [0.2, 0.25) is 0 Å². The molecule has 0 radical (unpaired) electrons. The fraction of sp³-hybridized carbons (Fsp3) is 0.400. The van der Waals surface area contributed by atoms with Crippen LogP contribution in [0.2, 0.25) is 0 Å². The van der Waals surface area contributed by atoms with E-state index in [0.29, 0.717) is 0 Å². The molecule has 0 aliphatic carbocycles. The molecule has 0 saturated carbocycles. The molecule has 4 heteroatoms. The second-order valence-corrected chi connectivity index (χ2v) is 5.94. The Morgan fingerprint density at radius 3 is 2.26 bits per heavy atom. The van der Waals surface area contributed by atoms with E-state index in [9.17, 15) is 0 Å². The molecular weight excluding hydrogens is 236 g/mol. The molecule has 3 N–H and O–H groups in total. The molecule has 0 saturated heterocycles. The molecule has 102 valence electrons. The summed E-state index contributed by atoms with van der Waals surface area (Å²) in [5, 5.41) is 0. The largest absolute Gasteiger partial charge is 0.340 e. The number of hydrogen-bond donors (Lipinski definition) is 2. The summed E-state index contributed by atoms with van der Waals surface area (Å²) in [5.41, 5.74) is 6.35. The average molecular weight is 258 g/mol. The van der Waals surface area contributed by atoms with Gasteiger partial charge in [-0.25, -0.2) is 10.4 Å². The van der Waals surface area contributed by atoms with Gasteiger partial charge in [0.15, 0.2) is 0 Å². The number of rotatable bonds is 3. The first kappa shape index (κ1) is 13.8. The zero-order chi connectivity index (χ0) is 14.0. The van der Waals surface area contributed by atoms with Gasteiger partial charge < -0.3 is 4.57 Å². The fourth-order valence-electron chi connectivity index (χ4n) is 2.11. The SMILES string of the molecule is Cn1cnc(C(NN)c2ccc(C(C)(C)C)cc2)c1. The van der Waals surface area contributed by atoms with Crippen LogP contribution >= 0.6 is 0 Å². The molecule has 1 unspecified atom stereocenters. The number of aromatic nitrogens is 2. The first-order valence-electron chi connectivity index (χ1n) is 6.46. The maximum Gasteiger partial charge on any atom is 0.0947 e. The molecule has 0 spiro atoms. The quantitative estimate of drug-likeness (QED) is 0.656. The van der Waals surface area contributed by atoms with E-state index in [0.717, 1.165) is 11.3 Å². The van der Waals surface area contributed by atoms with Gasteiger partial charge in [-0.15, -0.1) is 0 Å². The lowest BCUT2D eigenvalue weighted by molar-refractivity contribution is 0.587. The summed E-state index contributed by atoms with van der Waals surface area (Å²) in [4.78, 5) is 4.35. The third-order valence-corrected chi connectivity index (χ3v) is 3.30. The minimum atomic E-state index is -0.0739. The van der Waals surface area contributed by atoms with Gasteiger partial charge in [0, 0.05) is 13.2 Å². The van der Waals surface area contributed by atoms with Gasteiger partial charge in [-0.05, 0) is 16.5 Å². The topological polar surface area (TPSA) is 55.9 Å². The van der Waals surface area contributed by atoms with Crippen molar-refractivity contribution in [1.82, 2.24) is 15.0 Å². The molecule has 1 atom stereocenters. The summed E-state index contributed by atoms with van der Waals surface area (Å²) in [5.74, 6) is 5.67. The Balaban J connectivity index is 2.30. The predicted octanol–water partition coefficient (Wildman–Crippen LogP) is 2.27. The van der Waals surface area contributed by atoms with Crippen molar-refractivity contribution in [2.75, 3.05) is 0 Å². The molecular formula is C15H22N4. The van der Waals surface area contributed by atoms with Crippen LogP contribution < -0.4 is 11.3 Å². The normalized spacial score (nSPS) is 13.5. The molecule has 0 aliphatic rings. The minimum absolute atomic E-state index is 0.0739. The monoisotopic (exact) mass is 258 g/mol. The lowest BCUT2D eigenvalue weighted by Gasteiger charge is -2.20. The van der Waals surface area contributed by atoms with Gasteiger partial charge in [0.1, 0.15) is 0 Å². The first-order chi connectivity index (χ1) is 8.91. The van der Waals surface area contributed by atoms with Gasteiger partial charge in [0.05, 0.1) is 18.1 Å². The lowest BCUT2D eigenvalue weighted by Crippen LogP contribution is -2.29. The third-order valence-electron chi connectivity index (χ3n) is 3.30. The zero-order valence-corrected chi connectivity index (χ0v) is 12.0. The number of nitrogens with zero attached hydrogens (tertiary/aromatic N) is 2. The molecule has 0 fully saturated rings. The maximum atomic E-state index is 5.67. The third kappa shape index (κ3) is 3.03. The highest BCUT2D eigenvalue weighted by Crippen LogP contribution is 2.25. The molecule has 4 nitrogen and oxygen atoms in total. The van der Waals surface area contributed by atoms with Crippen molar-refractivity contribution in [3.8, 4) is 0 Å². The van der Waals surface area contributed by atoms with Crippen LogP contribution in [0.4, 0.5) is 0 Å². The Morgan fingerprint density at radius 2 is 1.84 bits per heavy atom. The minimum Gasteiger partial charge on any atom is -0.340 e. The van der Waals surface area contributed by atoms with E-state index in [2.05, 4.69) is 55.4 Å². The molecule has 2 aromatic rings. The number of hydrogen-bond acceptors (Lipinski definition) is 3. The average Bonchev–Trinajstić information content (AvgIpc) is 2.76. The van der Waals surface area contributed by atoms with Crippen LogP contribution in [0, 0.1) is 0 Å². The van der Waals surface area contributed by atoms with Gasteiger partial charge in [-0.3, -0.25) is 5.84 Å². The van der Waals surface area contributed by atoms with Gasteiger partial charge in [-0.1, -0.05) is 45.0 Å². The Morgan fingerprint density at radius 1 is 1.21 bits per heavy atom. The Kier molecular flexibility index (Phi) is 3.73. The van der Waals surface area contributed by atoms with E-state index in [1.54, 1.807) is 6.33 Å². The molecule has 0 amide bonds. The van der Waals surface area contributed by atoms with E-state index in [4.69, 9.17) is 5.84 Å². The fourth-order valence-corrected chi connectivity index (χ4v) is 2.11. The molecule has 1 heterocycles. The Labute approximate surface area is 114 Å². The van der Waals surface area contributed by atoms with Crippen LogP contribution in [0.3, 0.4) is 0 Å². The van der Waals surface area contributed by atoms with Crippen LogP contribution in [0.25, 0.3) is 0 Å². The second kappa shape index (κ2) is 5.15. The highest BCUT2D eigenvalue weighted by atomic mass is 15.2. The van der Waals surface area contributed by atoms with Gasteiger partial charge in [0.25, 0.3) is 0 Å². The van der Waals surface area contributed by atoms with Gasteiger partial charge in [-0.2, -0.15) is 0 Å². The molecule has 1 aromatic heterocycles. The second-order valence-electron chi connectivity index (χ2n) is 5.94.